The topological polar surface area (TPSA) is 201 Å². The van der Waals surface area contributed by atoms with Gasteiger partial charge in [0.05, 0.1) is 0 Å². The van der Waals surface area contributed by atoms with Crippen molar-refractivity contribution in [1.29, 1.82) is 0 Å². The largest absolute Gasteiger partial charge is 0.478 e. The van der Waals surface area contributed by atoms with Gasteiger partial charge < -0.3 is 26.1 Å². The Morgan fingerprint density at radius 1 is 1.30 bits per heavy atom. The lowest BCUT2D eigenvalue weighted by atomic mass is 10.0. The molecule has 16 heteroatoms. The first-order valence-electron chi connectivity index (χ1n) is 10.7. The third kappa shape index (κ3) is 5.24. The van der Waals surface area contributed by atoms with Gasteiger partial charge in [0.15, 0.2) is 24.1 Å². The summed E-state index contributed by atoms with van der Waals surface area (Å²) < 4.78 is 5.72. The maximum absolute atomic E-state index is 13.1. The summed E-state index contributed by atoms with van der Waals surface area (Å²) in [5, 5.41) is 24.6. The number of β-lactam (4-membered cyclic amide) rings is 1. The maximum Gasteiger partial charge on any atom is 0.352 e. The number of amides is 2. The number of aliphatic carboxylic acids is 2. The van der Waals surface area contributed by atoms with Crippen molar-refractivity contribution < 1.29 is 38.8 Å². The molecule has 2 atom stereocenters. The highest BCUT2D eigenvalue weighted by atomic mass is 32.2. The minimum Gasteiger partial charge on any atom is -0.478 e. The Morgan fingerprint density at radius 2 is 2.00 bits per heavy atom. The number of hydrogen-bond donors (Lipinski definition) is 4. The van der Waals surface area contributed by atoms with Gasteiger partial charge in [0.1, 0.15) is 17.1 Å². The number of aromatic nitrogens is 3. The van der Waals surface area contributed by atoms with Crippen LogP contribution < -0.4 is 15.6 Å². The van der Waals surface area contributed by atoms with Crippen molar-refractivity contribution in [2.24, 2.45) is 5.16 Å². The van der Waals surface area contributed by atoms with Crippen LogP contribution in [0.25, 0.3) is 0 Å². The second-order valence-corrected chi connectivity index (χ2v) is 10.4. The highest BCUT2D eigenvalue weighted by Gasteiger charge is 2.55. The second-order valence-electron chi connectivity index (χ2n) is 8.47. The first-order chi connectivity index (χ1) is 17.5. The van der Waals surface area contributed by atoms with E-state index in [1.165, 1.54) is 25.6 Å². The van der Waals surface area contributed by atoms with Crippen molar-refractivity contribution in [3.05, 3.63) is 47.7 Å². The van der Waals surface area contributed by atoms with E-state index in [1.54, 1.807) is 17.0 Å². The summed E-state index contributed by atoms with van der Waals surface area (Å²) in [6.45, 7) is 2.75. The van der Waals surface area contributed by atoms with Gasteiger partial charge in [-0.2, -0.15) is 9.36 Å². The molecule has 0 aliphatic carbocycles. The molecule has 14 nitrogen and oxygen atoms in total. The molecule has 2 aliphatic heterocycles. The molecular weight excluding hydrogens is 526 g/mol. The Kier molecular flexibility index (Phi) is 7.13. The van der Waals surface area contributed by atoms with Gasteiger partial charge in [-0.05, 0) is 13.8 Å². The average Bonchev–Trinajstić information content (AvgIpc) is 3.28. The molecule has 1 fully saturated rings. The number of nitrogens with two attached hydrogens (primary N) is 1. The van der Waals surface area contributed by atoms with Crippen molar-refractivity contribution in [3.8, 4) is 0 Å². The fourth-order valence-electron chi connectivity index (χ4n) is 3.49. The molecule has 0 radical (unpaired) electrons. The predicted molar refractivity (Wildman–Crippen MR) is 130 cm³/mol. The monoisotopic (exact) mass is 548 g/mol. The number of fused-ring (bicyclic) bond motifs is 1. The fourth-order valence-corrected chi connectivity index (χ4v) is 5.26. The molecule has 2 aromatic rings. The number of oxime groups is 1. The summed E-state index contributed by atoms with van der Waals surface area (Å²) in [7, 11) is 0. The van der Waals surface area contributed by atoms with E-state index in [1.807, 2.05) is 18.2 Å². The highest BCUT2D eigenvalue weighted by Crippen LogP contribution is 2.40. The molecule has 2 amide bonds. The Balaban J connectivity index is 1.55. The van der Waals surface area contributed by atoms with E-state index in [2.05, 4.69) is 19.8 Å². The quantitative estimate of drug-likeness (QED) is 0.135. The summed E-state index contributed by atoms with van der Waals surface area (Å²) in [6, 6.07) is 4.39. The number of thioether (sulfide) groups is 1. The molecule has 4 heterocycles. The molecule has 5 N–H and O–H groups in total. The number of nitrogens with one attached hydrogen (secondary N) is 1. The van der Waals surface area contributed by atoms with Gasteiger partial charge >= 0.3 is 11.9 Å². The van der Waals surface area contributed by atoms with Gasteiger partial charge in [0.25, 0.3) is 11.8 Å². The molecule has 0 aromatic carbocycles. The van der Waals surface area contributed by atoms with E-state index in [4.69, 9.17) is 10.6 Å². The van der Waals surface area contributed by atoms with Crippen molar-refractivity contribution in [2.75, 3.05) is 11.5 Å². The molecule has 37 heavy (non-hydrogen) atoms. The van der Waals surface area contributed by atoms with Crippen molar-refractivity contribution in [3.63, 3.8) is 0 Å². The summed E-state index contributed by atoms with van der Waals surface area (Å²) in [6.07, 6.45) is 3.58. The molecule has 4 rings (SSSR count). The molecular formula is C21H22N7O7S2+. The number of pyridine rings is 1. The molecule has 0 unspecified atom stereocenters. The average molecular weight is 549 g/mol. The third-order valence-corrected chi connectivity index (χ3v) is 7.32. The normalized spacial score (nSPS) is 19.7. The minimum atomic E-state index is -1.77. The van der Waals surface area contributed by atoms with E-state index >= 15 is 0 Å². The number of carbonyl (C=O) groups is 4. The number of nitrogens with zero attached hydrogens (tertiary/aromatic N) is 5. The maximum atomic E-state index is 13.1. The Hall–Kier alpha value is -4.05. The van der Waals surface area contributed by atoms with Crippen LogP contribution >= 0.6 is 23.3 Å². The van der Waals surface area contributed by atoms with Gasteiger partial charge in [-0.1, -0.05) is 11.2 Å². The highest BCUT2D eigenvalue weighted by molar-refractivity contribution is 8.00. The number of nitrogen functional groups attached to an aromatic ring is 1. The first kappa shape index (κ1) is 26.0. The van der Waals surface area contributed by atoms with Crippen LogP contribution in [0.1, 0.15) is 19.7 Å². The van der Waals surface area contributed by atoms with E-state index < -0.39 is 46.5 Å². The lowest BCUT2D eigenvalue weighted by Gasteiger charge is -2.49. The van der Waals surface area contributed by atoms with Crippen LogP contribution in [0.4, 0.5) is 5.13 Å². The molecule has 194 valence electrons. The van der Waals surface area contributed by atoms with Gasteiger partial charge in [-0.3, -0.25) is 14.5 Å². The van der Waals surface area contributed by atoms with Gasteiger partial charge in [-0.25, -0.2) is 14.2 Å². The van der Waals surface area contributed by atoms with E-state index in [0.717, 1.165) is 16.4 Å². The van der Waals surface area contributed by atoms with Crippen molar-refractivity contribution in [2.45, 2.75) is 37.4 Å². The minimum absolute atomic E-state index is 0.0294. The SMILES string of the molecule is CC(C)(ON=C(C(=O)N[C@@H]1C(=O)N2C(C(=O)O)=C(C[n+]3ccccc3)CS[C@H]12)c1nsc(N)n1)C(=O)O. The van der Waals surface area contributed by atoms with E-state index in [-0.39, 0.29) is 23.2 Å². The number of hydrogen-bond acceptors (Lipinski definition) is 11. The predicted octanol–water partition coefficient (Wildman–Crippen LogP) is -0.569. The molecule has 2 aromatic heterocycles. The number of rotatable bonds is 9. The lowest BCUT2D eigenvalue weighted by Crippen LogP contribution is -2.71. The molecule has 0 saturated carbocycles. The lowest BCUT2D eigenvalue weighted by molar-refractivity contribution is -0.689. The summed E-state index contributed by atoms with van der Waals surface area (Å²) >= 11 is 2.09. The number of carboxylic acid groups (broad SMARTS) is 2. The smallest absolute Gasteiger partial charge is 0.352 e. The molecule has 1 saturated heterocycles. The van der Waals surface area contributed by atoms with Crippen LogP contribution in [0.3, 0.4) is 0 Å². The molecule has 0 spiro atoms. The number of anilines is 1. The van der Waals surface area contributed by atoms with Crippen LogP contribution in [-0.4, -0.2) is 76.7 Å². The number of carbonyl (C=O) groups excluding carboxylic acids is 2. The van der Waals surface area contributed by atoms with E-state index in [9.17, 15) is 29.4 Å². The zero-order valence-corrected chi connectivity index (χ0v) is 21.2. The molecule has 0 bridgehead atoms. The van der Waals surface area contributed by atoms with Gasteiger partial charge in [-0.15, -0.1) is 11.8 Å². The Morgan fingerprint density at radius 3 is 2.59 bits per heavy atom. The van der Waals surface area contributed by atoms with Crippen LogP contribution in [0.15, 0.2) is 47.0 Å². The van der Waals surface area contributed by atoms with E-state index in [0.29, 0.717) is 11.3 Å². The summed E-state index contributed by atoms with van der Waals surface area (Å²) in [5.74, 6) is -3.99. The summed E-state index contributed by atoms with van der Waals surface area (Å²) in [4.78, 5) is 59.6. The fraction of sp³-hybridized carbons (Fsp3) is 0.333. The Bertz CT molecular complexity index is 1330. The zero-order valence-electron chi connectivity index (χ0n) is 19.5. The van der Waals surface area contributed by atoms with Crippen molar-refractivity contribution >= 4 is 57.9 Å². The first-order valence-corrected chi connectivity index (χ1v) is 12.6. The zero-order chi connectivity index (χ0) is 26.9. The third-order valence-electron chi connectivity index (χ3n) is 5.44. The van der Waals surface area contributed by atoms with Crippen LogP contribution in [-0.2, 0) is 30.6 Å². The second kappa shape index (κ2) is 10.1. The van der Waals surface area contributed by atoms with Crippen LogP contribution in [0, 0.1) is 0 Å². The van der Waals surface area contributed by atoms with Gasteiger partial charge in [0.2, 0.25) is 17.1 Å². The van der Waals surface area contributed by atoms with Crippen LogP contribution in [0.5, 0.6) is 0 Å². The number of carboxylic acids is 2. The Labute approximate surface area is 218 Å². The van der Waals surface area contributed by atoms with Gasteiger partial charge in [0, 0.05) is 35.0 Å². The summed E-state index contributed by atoms with van der Waals surface area (Å²) in [5.41, 5.74) is 3.78. The van der Waals surface area contributed by atoms with Crippen molar-refractivity contribution in [1.82, 2.24) is 19.6 Å². The van der Waals surface area contributed by atoms with Crippen LogP contribution in [0.2, 0.25) is 0 Å². The standard InChI is InChI=1S/C21H21N7O7S2/c1-21(2,19(33)34)35-25-11(14-24-20(22)37-26-14)15(29)23-12-16(30)28-13(18(31)32)10(9-36-17(12)28)8-27-6-4-3-5-7-27/h3-7,12,17H,8-9H2,1-2H3,(H4-,22,23,24,26,29,31,32,33,34)/p+1/t12-,17-/m1/s1. The molecule has 2 aliphatic rings.